The topological polar surface area (TPSA) is 94.1 Å². The molecule has 2 bridgehead atoms. The highest BCUT2D eigenvalue weighted by Crippen LogP contribution is 2.40. The minimum atomic E-state index is -3.35. The van der Waals surface area contributed by atoms with Crippen LogP contribution in [0.25, 0.3) is 0 Å². The van der Waals surface area contributed by atoms with Crippen molar-refractivity contribution in [3.63, 3.8) is 0 Å². The highest BCUT2D eigenvalue weighted by molar-refractivity contribution is 6.30. The van der Waals surface area contributed by atoms with E-state index in [1.165, 1.54) is 6.07 Å². The number of benzene rings is 1. The van der Waals surface area contributed by atoms with Crippen LogP contribution in [-0.4, -0.2) is 44.1 Å². The monoisotopic (exact) mass is 468 g/mol. The van der Waals surface area contributed by atoms with Gasteiger partial charge in [-0.25, -0.2) is 9.07 Å². The Labute approximate surface area is 199 Å². The number of hydrogen-bond acceptors (Lipinski definition) is 8. The van der Waals surface area contributed by atoms with Gasteiger partial charge in [-0.15, -0.1) is 10.2 Å². The Morgan fingerprint density at radius 1 is 1.31 bits per heavy atom. The van der Waals surface area contributed by atoms with Gasteiger partial charge in [0.2, 0.25) is 11.8 Å². The van der Waals surface area contributed by atoms with Crippen molar-refractivity contribution < 1.29 is 23.1 Å². The highest BCUT2D eigenvalue weighted by Gasteiger charge is 2.43. The summed E-state index contributed by atoms with van der Waals surface area (Å²) in [4.78, 5) is 6.24. The molecule has 170 valence electrons. The van der Waals surface area contributed by atoms with Crippen LogP contribution in [0.1, 0.15) is 48.0 Å². The predicted molar refractivity (Wildman–Crippen MR) is 117 cm³/mol. The number of hydrogen-bond donors (Lipinski definition) is 1. The second-order valence-electron chi connectivity index (χ2n) is 7.93. The molecule has 0 unspecified atom stereocenters. The Bertz CT molecular complexity index is 1340. The number of aryl methyl sites for hydroxylation is 1. The van der Waals surface area contributed by atoms with Crippen LogP contribution in [-0.2, 0) is 0 Å². The van der Waals surface area contributed by atoms with E-state index in [4.69, 9.17) is 30.4 Å². The standard InChI is InChI=1S/C21H25ClFN7O2/c1-11(2)30-20(32-15-6-7-17(23)16(22)8-15)25-19(28-30)24-18-13-4-5-14(18)10-29(9-13)21-27-26-12(3)31-21/h6-8,11,13-14,18H,4-5,9-10H2,1-3H3,(H,24,28)/t13-,14+,18+/i1D3,2D3,11D. The Kier molecular flexibility index (Phi) is 3.68. The first kappa shape index (κ1) is 14.3. The first-order valence-electron chi connectivity index (χ1n) is 13.6. The van der Waals surface area contributed by atoms with Crippen LogP contribution in [0.3, 0.4) is 0 Å². The van der Waals surface area contributed by atoms with Gasteiger partial charge in [0, 0.05) is 40.3 Å². The molecule has 1 saturated heterocycles. The van der Waals surface area contributed by atoms with Crippen LogP contribution in [0.5, 0.6) is 11.8 Å². The zero-order valence-electron chi connectivity index (χ0n) is 24.0. The fourth-order valence-corrected chi connectivity index (χ4v) is 4.56. The van der Waals surface area contributed by atoms with Crippen molar-refractivity contribution in [2.24, 2.45) is 11.8 Å². The molecule has 0 radical (unpaired) electrons. The molecule has 32 heavy (non-hydrogen) atoms. The lowest BCUT2D eigenvalue weighted by Crippen LogP contribution is -2.48. The fourth-order valence-electron chi connectivity index (χ4n) is 4.39. The van der Waals surface area contributed by atoms with Crippen molar-refractivity contribution in [3.05, 3.63) is 34.9 Å². The van der Waals surface area contributed by atoms with Crippen molar-refractivity contribution in [1.29, 1.82) is 0 Å². The summed E-state index contributed by atoms with van der Waals surface area (Å²) in [6, 6.07) is -0.163. The first-order chi connectivity index (χ1) is 18.2. The molecule has 0 spiro atoms. The van der Waals surface area contributed by atoms with Crippen molar-refractivity contribution in [2.75, 3.05) is 23.3 Å². The van der Waals surface area contributed by atoms with Gasteiger partial charge in [-0.05, 0) is 50.5 Å². The smallest absolute Gasteiger partial charge is 0.322 e. The van der Waals surface area contributed by atoms with Gasteiger partial charge in [-0.2, -0.15) is 4.98 Å². The lowest BCUT2D eigenvalue weighted by Gasteiger charge is -2.37. The van der Waals surface area contributed by atoms with Gasteiger partial charge in [-0.1, -0.05) is 16.7 Å². The third-order valence-corrected chi connectivity index (χ3v) is 6.09. The van der Waals surface area contributed by atoms with Gasteiger partial charge in [0.15, 0.2) is 0 Å². The maximum Gasteiger partial charge on any atom is 0.322 e. The molecule has 0 amide bonds. The molecular weight excluding hydrogens is 437 g/mol. The molecule has 1 aliphatic heterocycles. The quantitative estimate of drug-likeness (QED) is 0.566. The van der Waals surface area contributed by atoms with E-state index < -0.39 is 31.5 Å². The number of halogens is 2. The Morgan fingerprint density at radius 3 is 2.75 bits per heavy atom. The van der Waals surface area contributed by atoms with Crippen molar-refractivity contribution in [2.45, 2.75) is 45.5 Å². The SMILES string of the molecule is [2H]C([2H])([2H])C([2H])(n1nc(N[C@H]2[C@@H]3CC[C@H]2CN(c2nnc(C)o2)C3)nc1Oc1ccc(F)c(Cl)c1)C([2H])([2H])[2H]. The van der Waals surface area contributed by atoms with Crippen LogP contribution < -0.4 is 15.0 Å². The number of piperidine rings is 1. The van der Waals surface area contributed by atoms with Crippen LogP contribution in [0, 0.1) is 24.6 Å². The minimum Gasteiger partial charge on any atom is -0.424 e. The first-order valence-corrected chi connectivity index (χ1v) is 10.5. The lowest BCUT2D eigenvalue weighted by atomic mass is 9.92. The van der Waals surface area contributed by atoms with E-state index in [2.05, 4.69) is 25.6 Å². The molecule has 1 aliphatic carbocycles. The average molecular weight is 469 g/mol. The molecule has 2 fully saturated rings. The van der Waals surface area contributed by atoms with Crippen molar-refractivity contribution in [3.8, 4) is 11.8 Å². The van der Waals surface area contributed by atoms with Crippen LogP contribution in [0.2, 0.25) is 5.02 Å². The van der Waals surface area contributed by atoms with Crippen LogP contribution in [0.15, 0.2) is 22.6 Å². The Morgan fingerprint density at radius 2 is 2.09 bits per heavy atom. The zero-order valence-corrected chi connectivity index (χ0v) is 17.8. The van der Waals surface area contributed by atoms with Gasteiger partial charge in [0.1, 0.15) is 11.6 Å². The molecule has 3 aromatic rings. The second-order valence-corrected chi connectivity index (χ2v) is 8.34. The molecule has 11 heteroatoms. The summed E-state index contributed by atoms with van der Waals surface area (Å²) in [5, 5.41) is 15.0. The van der Waals surface area contributed by atoms with E-state index in [9.17, 15) is 4.39 Å². The number of aromatic nitrogens is 5. The highest BCUT2D eigenvalue weighted by atomic mass is 35.5. The molecular formula is C21H25ClFN7O2. The summed E-state index contributed by atoms with van der Waals surface area (Å²) in [5.41, 5.74) is 0. The zero-order chi connectivity index (χ0) is 28.3. The average Bonchev–Trinajstić information content (AvgIpc) is 3.50. The van der Waals surface area contributed by atoms with Crippen LogP contribution >= 0.6 is 11.6 Å². The molecule has 2 aromatic heterocycles. The van der Waals surface area contributed by atoms with Gasteiger partial charge >= 0.3 is 12.0 Å². The molecule has 5 rings (SSSR count). The number of nitrogens with zero attached hydrogens (tertiary/aromatic N) is 6. The lowest BCUT2D eigenvalue weighted by molar-refractivity contribution is 0.356. The summed E-state index contributed by atoms with van der Waals surface area (Å²) >= 11 is 5.84. The Balaban J connectivity index is 1.48. The van der Waals surface area contributed by atoms with E-state index in [1.54, 1.807) is 6.92 Å². The van der Waals surface area contributed by atoms with Gasteiger partial charge in [0.25, 0.3) is 0 Å². The van der Waals surface area contributed by atoms with E-state index in [-0.39, 0.29) is 34.6 Å². The van der Waals surface area contributed by atoms with Crippen molar-refractivity contribution in [1.82, 2.24) is 25.0 Å². The molecule has 1 aromatic carbocycles. The number of rotatable bonds is 6. The summed E-state index contributed by atoms with van der Waals surface area (Å²) in [7, 11) is 0. The molecule has 1 saturated carbocycles. The molecule has 3 heterocycles. The summed E-state index contributed by atoms with van der Waals surface area (Å²) in [6.45, 7) is -3.77. The van der Waals surface area contributed by atoms with E-state index in [0.29, 0.717) is 29.7 Å². The second kappa shape index (κ2) is 8.23. The third kappa shape index (κ3) is 3.99. The normalized spacial score (nSPS) is 26.9. The molecule has 2 aliphatic rings. The number of anilines is 2. The van der Waals surface area contributed by atoms with Gasteiger partial charge < -0.3 is 19.4 Å². The number of ether oxygens (including phenoxy) is 1. The van der Waals surface area contributed by atoms with E-state index >= 15 is 0 Å². The number of fused-ring (bicyclic) bond motifs is 2. The molecule has 3 atom stereocenters. The number of nitrogens with one attached hydrogen (secondary N) is 1. The largest absolute Gasteiger partial charge is 0.424 e. The summed E-state index contributed by atoms with van der Waals surface area (Å²) in [5.74, 6) is -0.172. The van der Waals surface area contributed by atoms with Crippen LogP contribution in [0.4, 0.5) is 16.4 Å². The maximum atomic E-state index is 13.7. The molecule has 1 N–H and O–H groups in total. The van der Waals surface area contributed by atoms with Gasteiger partial charge in [-0.3, -0.25) is 0 Å². The molecule has 9 nitrogen and oxygen atoms in total. The van der Waals surface area contributed by atoms with Crippen molar-refractivity contribution >= 4 is 23.6 Å². The maximum absolute atomic E-state index is 13.7. The predicted octanol–water partition coefficient (Wildman–Crippen LogP) is 4.46. The van der Waals surface area contributed by atoms with E-state index in [1.807, 2.05) is 4.90 Å². The Hall–Kier alpha value is -2.88. The summed E-state index contributed by atoms with van der Waals surface area (Å²) in [6.07, 6.45) is 1.77. The summed E-state index contributed by atoms with van der Waals surface area (Å²) < 4.78 is 81.2. The third-order valence-electron chi connectivity index (χ3n) is 5.80. The van der Waals surface area contributed by atoms with E-state index in [0.717, 1.165) is 25.0 Å². The minimum absolute atomic E-state index is 0.0525. The van der Waals surface area contributed by atoms with Gasteiger partial charge in [0.05, 0.1) is 12.4 Å². The fraction of sp³-hybridized carbons (Fsp3) is 0.524.